The molecule has 3 rings (SSSR count). The summed E-state index contributed by atoms with van der Waals surface area (Å²) in [5.41, 5.74) is 1.13. The minimum Gasteiger partial charge on any atom is -0.320 e. The zero-order valence-electron chi connectivity index (χ0n) is 10.7. The molecule has 0 unspecified atom stereocenters. The number of nitrogens with one attached hydrogen (secondary N) is 1. The third-order valence-electron chi connectivity index (χ3n) is 2.92. The van der Waals surface area contributed by atoms with Crippen LogP contribution in [0.5, 0.6) is 0 Å². The molecule has 0 aliphatic heterocycles. The van der Waals surface area contributed by atoms with E-state index in [-0.39, 0.29) is 5.69 Å². The van der Waals surface area contributed by atoms with Gasteiger partial charge in [0.25, 0.3) is 5.91 Å². The molecule has 0 saturated heterocycles. The number of carbonyl (C=O) groups is 1. The first kappa shape index (κ1) is 13.5. The Morgan fingerprint density at radius 3 is 2.81 bits per heavy atom. The lowest BCUT2D eigenvalue weighted by atomic mass is 10.1. The molecular formula is C15H9ClFN3O. The average molecular weight is 302 g/mol. The van der Waals surface area contributed by atoms with E-state index in [1.54, 1.807) is 30.5 Å². The highest BCUT2D eigenvalue weighted by Gasteiger charge is 2.12. The highest BCUT2D eigenvalue weighted by atomic mass is 35.5. The fourth-order valence-electron chi connectivity index (χ4n) is 1.97. The first-order valence-electron chi connectivity index (χ1n) is 6.12. The topological polar surface area (TPSA) is 54.9 Å². The lowest BCUT2D eigenvalue weighted by Gasteiger charge is -2.09. The van der Waals surface area contributed by atoms with Gasteiger partial charge in [0.05, 0.1) is 16.2 Å². The van der Waals surface area contributed by atoms with E-state index >= 15 is 0 Å². The van der Waals surface area contributed by atoms with E-state index < -0.39 is 11.9 Å². The van der Waals surface area contributed by atoms with Gasteiger partial charge >= 0.3 is 0 Å². The van der Waals surface area contributed by atoms with Crippen molar-refractivity contribution in [2.45, 2.75) is 0 Å². The van der Waals surface area contributed by atoms with Gasteiger partial charge in [-0.15, -0.1) is 0 Å². The van der Waals surface area contributed by atoms with E-state index in [2.05, 4.69) is 15.3 Å². The molecule has 0 bridgehead atoms. The Balaban J connectivity index is 1.99. The number of rotatable bonds is 2. The van der Waals surface area contributed by atoms with Crippen molar-refractivity contribution < 1.29 is 9.18 Å². The summed E-state index contributed by atoms with van der Waals surface area (Å²) in [7, 11) is 0. The van der Waals surface area contributed by atoms with Crippen LogP contribution in [0.15, 0.2) is 48.7 Å². The molecule has 0 aliphatic carbocycles. The van der Waals surface area contributed by atoms with Crippen molar-refractivity contribution >= 4 is 34.1 Å². The summed E-state index contributed by atoms with van der Waals surface area (Å²) in [6.07, 6.45) is 1.62. The SMILES string of the molecule is O=C(Nc1ccc(Cl)c2ncccc12)c1cccc(F)n1. The van der Waals surface area contributed by atoms with Crippen molar-refractivity contribution in [3.05, 3.63) is 65.3 Å². The van der Waals surface area contributed by atoms with Gasteiger partial charge in [-0.2, -0.15) is 4.39 Å². The number of fused-ring (bicyclic) bond motifs is 1. The Kier molecular flexibility index (Phi) is 3.50. The van der Waals surface area contributed by atoms with Crippen LogP contribution in [0.1, 0.15) is 10.5 Å². The van der Waals surface area contributed by atoms with Crippen LogP contribution in [-0.4, -0.2) is 15.9 Å². The quantitative estimate of drug-likeness (QED) is 0.735. The maximum absolute atomic E-state index is 13.1. The van der Waals surface area contributed by atoms with Gasteiger partial charge in [0.1, 0.15) is 5.69 Å². The molecule has 104 valence electrons. The van der Waals surface area contributed by atoms with Crippen LogP contribution < -0.4 is 5.32 Å². The predicted molar refractivity (Wildman–Crippen MR) is 78.9 cm³/mol. The Morgan fingerprint density at radius 2 is 2.00 bits per heavy atom. The monoisotopic (exact) mass is 301 g/mol. The molecule has 0 aliphatic rings. The highest BCUT2D eigenvalue weighted by Crippen LogP contribution is 2.28. The van der Waals surface area contributed by atoms with Crippen molar-refractivity contribution in [1.82, 2.24) is 9.97 Å². The molecule has 2 aromatic heterocycles. The molecule has 0 radical (unpaired) electrons. The molecule has 2 heterocycles. The van der Waals surface area contributed by atoms with E-state index in [1.165, 1.54) is 18.2 Å². The number of anilines is 1. The van der Waals surface area contributed by atoms with Crippen LogP contribution in [0.25, 0.3) is 10.9 Å². The van der Waals surface area contributed by atoms with Crippen molar-refractivity contribution in [2.75, 3.05) is 5.32 Å². The zero-order chi connectivity index (χ0) is 14.8. The third-order valence-corrected chi connectivity index (χ3v) is 3.22. The largest absolute Gasteiger partial charge is 0.320 e. The van der Waals surface area contributed by atoms with Gasteiger partial charge in [0, 0.05) is 11.6 Å². The summed E-state index contributed by atoms with van der Waals surface area (Å²) in [5, 5.41) is 3.89. The Bertz CT molecular complexity index is 838. The average Bonchev–Trinajstić information content (AvgIpc) is 2.50. The first-order chi connectivity index (χ1) is 10.1. The normalized spacial score (nSPS) is 10.6. The molecule has 0 fully saturated rings. The van der Waals surface area contributed by atoms with Gasteiger partial charge in [-0.25, -0.2) is 4.98 Å². The first-order valence-corrected chi connectivity index (χ1v) is 6.50. The summed E-state index contributed by atoms with van der Waals surface area (Å²) >= 11 is 6.07. The second-order valence-electron chi connectivity index (χ2n) is 4.29. The highest BCUT2D eigenvalue weighted by molar-refractivity contribution is 6.35. The number of benzene rings is 1. The molecule has 0 atom stereocenters. The van der Waals surface area contributed by atoms with E-state index in [0.29, 0.717) is 21.6 Å². The molecule has 0 spiro atoms. The summed E-state index contributed by atoms with van der Waals surface area (Å²) in [4.78, 5) is 19.8. The van der Waals surface area contributed by atoms with Gasteiger partial charge in [0.15, 0.2) is 0 Å². The molecule has 3 aromatic rings. The Morgan fingerprint density at radius 1 is 1.14 bits per heavy atom. The summed E-state index contributed by atoms with van der Waals surface area (Å²) < 4.78 is 13.1. The molecule has 6 heteroatoms. The lowest BCUT2D eigenvalue weighted by molar-refractivity contribution is 0.102. The molecule has 1 amide bonds. The molecule has 1 N–H and O–H groups in total. The second kappa shape index (κ2) is 5.46. The van der Waals surface area contributed by atoms with E-state index in [0.717, 1.165) is 0 Å². The smallest absolute Gasteiger partial charge is 0.274 e. The molecule has 1 aromatic carbocycles. The number of hydrogen-bond acceptors (Lipinski definition) is 3. The molecule has 21 heavy (non-hydrogen) atoms. The Hall–Kier alpha value is -2.53. The maximum atomic E-state index is 13.1. The van der Waals surface area contributed by atoms with Gasteiger partial charge < -0.3 is 5.32 Å². The van der Waals surface area contributed by atoms with E-state index in [9.17, 15) is 9.18 Å². The Labute approximate surface area is 124 Å². The third kappa shape index (κ3) is 2.68. The second-order valence-corrected chi connectivity index (χ2v) is 4.70. The predicted octanol–water partition coefficient (Wildman–Crippen LogP) is 3.67. The lowest BCUT2D eigenvalue weighted by Crippen LogP contribution is -2.14. The standard InChI is InChI=1S/C15H9ClFN3O/c16-10-6-7-11(9-3-2-8-18-14(9)10)20-15(21)12-4-1-5-13(17)19-12/h1-8H,(H,20,21). The minimum atomic E-state index is -0.703. The van der Waals surface area contributed by atoms with Crippen LogP contribution in [0.3, 0.4) is 0 Å². The number of carbonyl (C=O) groups excluding carboxylic acids is 1. The van der Waals surface area contributed by atoms with Crippen molar-refractivity contribution in [1.29, 1.82) is 0 Å². The summed E-state index contributed by atoms with van der Waals surface area (Å²) in [6, 6.07) is 10.9. The van der Waals surface area contributed by atoms with Crippen LogP contribution in [0.2, 0.25) is 5.02 Å². The van der Waals surface area contributed by atoms with Crippen LogP contribution in [0.4, 0.5) is 10.1 Å². The maximum Gasteiger partial charge on any atom is 0.274 e. The van der Waals surface area contributed by atoms with E-state index in [1.807, 2.05) is 0 Å². The minimum absolute atomic E-state index is 0.00184. The van der Waals surface area contributed by atoms with Crippen molar-refractivity contribution in [2.24, 2.45) is 0 Å². The van der Waals surface area contributed by atoms with Crippen molar-refractivity contribution in [3.8, 4) is 0 Å². The van der Waals surface area contributed by atoms with Crippen LogP contribution >= 0.6 is 11.6 Å². The van der Waals surface area contributed by atoms with Crippen molar-refractivity contribution in [3.63, 3.8) is 0 Å². The molecule has 4 nitrogen and oxygen atoms in total. The van der Waals surface area contributed by atoms with Crippen LogP contribution in [0, 0.1) is 5.95 Å². The summed E-state index contributed by atoms with van der Waals surface area (Å²) in [5.74, 6) is -1.20. The fraction of sp³-hybridized carbons (Fsp3) is 0. The number of nitrogens with zero attached hydrogens (tertiary/aromatic N) is 2. The summed E-state index contributed by atoms with van der Waals surface area (Å²) in [6.45, 7) is 0. The number of hydrogen-bond donors (Lipinski definition) is 1. The molecular weight excluding hydrogens is 293 g/mol. The fourth-order valence-corrected chi connectivity index (χ4v) is 2.18. The molecule has 0 saturated carbocycles. The number of halogens is 2. The van der Waals surface area contributed by atoms with Gasteiger partial charge in [-0.05, 0) is 36.4 Å². The number of amides is 1. The number of pyridine rings is 2. The number of aromatic nitrogens is 2. The van der Waals surface area contributed by atoms with E-state index in [4.69, 9.17) is 11.6 Å². The van der Waals surface area contributed by atoms with Gasteiger partial charge in [-0.1, -0.05) is 17.7 Å². The van der Waals surface area contributed by atoms with Gasteiger partial charge in [0.2, 0.25) is 5.95 Å². The zero-order valence-corrected chi connectivity index (χ0v) is 11.4. The van der Waals surface area contributed by atoms with Crippen LogP contribution in [-0.2, 0) is 0 Å². The van der Waals surface area contributed by atoms with Gasteiger partial charge in [-0.3, -0.25) is 9.78 Å².